The fraction of sp³-hybridized carbons (Fsp3) is 0.500. The molecule has 3 rings (SSSR count). The van der Waals surface area contributed by atoms with Gasteiger partial charge < -0.3 is 4.74 Å². The van der Waals surface area contributed by atoms with Gasteiger partial charge in [0, 0.05) is 11.6 Å². The van der Waals surface area contributed by atoms with Gasteiger partial charge in [-0.25, -0.2) is 0 Å². The molecule has 2 fully saturated rings. The summed E-state index contributed by atoms with van der Waals surface area (Å²) in [4.78, 5) is 37.9. The Morgan fingerprint density at radius 1 is 1.21 bits per heavy atom. The molecule has 2 atom stereocenters. The molecule has 1 aliphatic heterocycles. The molecule has 1 aliphatic carbocycles. The van der Waals surface area contributed by atoms with Crippen LogP contribution in [-0.4, -0.2) is 29.2 Å². The van der Waals surface area contributed by atoms with Crippen molar-refractivity contribution in [1.82, 2.24) is 4.90 Å². The maximum absolute atomic E-state index is 12.3. The van der Waals surface area contributed by atoms with Gasteiger partial charge >= 0.3 is 5.97 Å². The van der Waals surface area contributed by atoms with Crippen molar-refractivity contribution in [2.75, 3.05) is 6.54 Å². The van der Waals surface area contributed by atoms with Crippen LogP contribution < -0.4 is 4.74 Å². The number of amides is 2. The lowest BCUT2D eigenvalue weighted by molar-refractivity contribution is -0.141. The van der Waals surface area contributed by atoms with Crippen LogP contribution >= 0.6 is 11.6 Å². The molecule has 0 spiro atoms. The van der Waals surface area contributed by atoms with Crippen molar-refractivity contribution < 1.29 is 19.1 Å². The van der Waals surface area contributed by atoms with E-state index >= 15 is 0 Å². The number of likely N-dealkylation sites (tertiary alicyclic amines) is 1. The molecule has 1 heterocycles. The van der Waals surface area contributed by atoms with Gasteiger partial charge in [0.2, 0.25) is 11.8 Å². The summed E-state index contributed by atoms with van der Waals surface area (Å²) in [6.07, 6.45) is 3.54. The lowest BCUT2D eigenvalue weighted by atomic mass is 9.81. The van der Waals surface area contributed by atoms with Gasteiger partial charge in [-0.2, -0.15) is 0 Å². The zero-order valence-electron chi connectivity index (χ0n) is 13.6. The Balaban J connectivity index is 1.57. The molecule has 0 unspecified atom stereocenters. The lowest BCUT2D eigenvalue weighted by Gasteiger charge is -2.19. The molecule has 24 heavy (non-hydrogen) atoms. The smallest absolute Gasteiger partial charge is 0.312 e. The Kier molecular flexibility index (Phi) is 4.90. The number of carbonyl (C=O) groups is 3. The van der Waals surface area contributed by atoms with Crippen LogP contribution in [0.1, 0.15) is 37.7 Å². The quantitative estimate of drug-likeness (QED) is 0.476. The van der Waals surface area contributed by atoms with Gasteiger partial charge in [-0.3, -0.25) is 19.3 Å². The average molecular weight is 350 g/mol. The van der Waals surface area contributed by atoms with E-state index in [-0.39, 0.29) is 36.6 Å². The van der Waals surface area contributed by atoms with E-state index in [2.05, 4.69) is 0 Å². The molecule has 0 aromatic heterocycles. The van der Waals surface area contributed by atoms with Crippen molar-refractivity contribution in [1.29, 1.82) is 0 Å². The molecule has 2 amide bonds. The number of fused-ring (bicyclic) bond motifs is 1. The first kappa shape index (κ1) is 17.0. The number of hydrogen-bond donors (Lipinski definition) is 0. The second kappa shape index (κ2) is 6.93. The van der Waals surface area contributed by atoms with E-state index < -0.39 is 5.97 Å². The second-order valence-electron chi connectivity index (χ2n) is 6.46. The van der Waals surface area contributed by atoms with Gasteiger partial charge in [-0.1, -0.05) is 24.4 Å². The number of benzene rings is 1. The van der Waals surface area contributed by atoms with E-state index in [1.54, 1.807) is 18.2 Å². The SMILES string of the molecule is Cc1cc(OC(=O)CCN2C(=O)[C@@H]3CCCC[C@H]3C2=O)ccc1Cl. The van der Waals surface area contributed by atoms with Gasteiger partial charge in [-0.05, 0) is 43.5 Å². The number of ether oxygens (including phenoxy) is 1. The molecule has 1 saturated carbocycles. The predicted octanol–water partition coefficient (Wildman–Crippen LogP) is 3.12. The van der Waals surface area contributed by atoms with E-state index in [0.29, 0.717) is 10.8 Å². The third-order valence-electron chi connectivity index (χ3n) is 4.83. The molecule has 0 bridgehead atoms. The van der Waals surface area contributed by atoms with Crippen LogP contribution in [-0.2, 0) is 14.4 Å². The van der Waals surface area contributed by atoms with Crippen LogP contribution in [0.25, 0.3) is 0 Å². The summed E-state index contributed by atoms with van der Waals surface area (Å²) in [5.41, 5.74) is 0.816. The van der Waals surface area contributed by atoms with Crippen LogP contribution in [0.2, 0.25) is 5.02 Å². The molecule has 1 aromatic rings. The number of rotatable bonds is 4. The van der Waals surface area contributed by atoms with Crippen molar-refractivity contribution in [3.8, 4) is 5.75 Å². The number of hydrogen-bond acceptors (Lipinski definition) is 4. The summed E-state index contributed by atoms with van der Waals surface area (Å²) in [6, 6.07) is 4.96. The molecule has 128 valence electrons. The molecule has 6 heteroatoms. The monoisotopic (exact) mass is 349 g/mol. The van der Waals surface area contributed by atoms with Gasteiger partial charge in [0.15, 0.2) is 0 Å². The van der Waals surface area contributed by atoms with Crippen LogP contribution in [0.3, 0.4) is 0 Å². The Labute approximate surface area is 145 Å². The zero-order chi connectivity index (χ0) is 17.3. The van der Waals surface area contributed by atoms with Gasteiger partial charge in [0.1, 0.15) is 5.75 Å². The van der Waals surface area contributed by atoms with Gasteiger partial charge in [-0.15, -0.1) is 0 Å². The summed E-state index contributed by atoms with van der Waals surface area (Å²) >= 11 is 5.93. The number of nitrogens with zero attached hydrogens (tertiary/aromatic N) is 1. The minimum Gasteiger partial charge on any atom is -0.426 e. The second-order valence-corrected chi connectivity index (χ2v) is 6.87. The Bertz CT molecular complexity index is 664. The summed E-state index contributed by atoms with van der Waals surface area (Å²) in [5.74, 6) is -0.663. The average Bonchev–Trinajstić information content (AvgIpc) is 2.81. The highest BCUT2D eigenvalue weighted by atomic mass is 35.5. The lowest BCUT2D eigenvalue weighted by Crippen LogP contribution is -2.33. The van der Waals surface area contributed by atoms with Crippen LogP contribution in [0.5, 0.6) is 5.75 Å². The highest BCUT2D eigenvalue weighted by Gasteiger charge is 2.47. The summed E-state index contributed by atoms with van der Waals surface area (Å²) in [6.45, 7) is 1.92. The van der Waals surface area contributed by atoms with E-state index in [0.717, 1.165) is 31.2 Å². The van der Waals surface area contributed by atoms with E-state index in [1.165, 1.54) is 4.90 Å². The Hall–Kier alpha value is -1.88. The topological polar surface area (TPSA) is 63.7 Å². The van der Waals surface area contributed by atoms with Crippen LogP contribution in [0.4, 0.5) is 0 Å². The summed E-state index contributed by atoms with van der Waals surface area (Å²) in [5, 5.41) is 0.602. The fourth-order valence-electron chi connectivity index (χ4n) is 3.52. The van der Waals surface area contributed by atoms with Gasteiger partial charge in [0.25, 0.3) is 0 Å². The Morgan fingerprint density at radius 2 is 1.83 bits per heavy atom. The number of halogens is 1. The van der Waals surface area contributed by atoms with E-state index in [1.807, 2.05) is 6.92 Å². The van der Waals surface area contributed by atoms with Crippen molar-refractivity contribution in [2.45, 2.75) is 39.0 Å². The zero-order valence-corrected chi connectivity index (χ0v) is 14.3. The van der Waals surface area contributed by atoms with Crippen molar-refractivity contribution >= 4 is 29.4 Å². The van der Waals surface area contributed by atoms with Crippen molar-refractivity contribution in [3.05, 3.63) is 28.8 Å². The first-order chi connectivity index (χ1) is 11.5. The van der Waals surface area contributed by atoms with E-state index in [9.17, 15) is 14.4 Å². The molecular formula is C18H20ClNO4. The first-order valence-electron chi connectivity index (χ1n) is 8.29. The van der Waals surface area contributed by atoms with Crippen LogP contribution in [0.15, 0.2) is 18.2 Å². The molecule has 1 saturated heterocycles. The molecule has 1 aromatic carbocycles. The predicted molar refractivity (Wildman–Crippen MR) is 88.6 cm³/mol. The summed E-state index contributed by atoms with van der Waals surface area (Å²) in [7, 11) is 0. The molecule has 0 radical (unpaired) electrons. The van der Waals surface area contributed by atoms with Crippen molar-refractivity contribution in [2.24, 2.45) is 11.8 Å². The number of carbonyl (C=O) groups excluding carboxylic acids is 3. The van der Waals surface area contributed by atoms with Crippen molar-refractivity contribution in [3.63, 3.8) is 0 Å². The minimum absolute atomic E-state index is 0.00139. The molecule has 5 nitrogen and oxygen atoms in total. The summed E-state index contributed by atoms with van der Waals surface area (Å²) < 4.78 is 5.25. The number of aryl methyl sites for hydroxylation is 1. The Morgan fingerprint density at radius 3 is 2.42 bits per heavy atom. The number of imide groups is 1. The fourth-order valence-corrected chi connectivity index (χ4v) is 3.64. The normalized spacial score (nSPS) is 23.3. The molecular weight excluding hydrogens is 330 g/mol. The maximum Gasteiger partial charge on any atom is 0.312 e. The molecule has 0 N–H and O–H groups in total. The highest BCUT2D eigenvalue weighted by molar-refractivity contribution is 6.31. The highest BCUT2D eigenvalue weighted by Crippen LogP contribution is 2.38. The number of esters is 1. The third kappa shape index (κ3) is 3.31. The standard InChI is InChI=1S/C18H20ClNO4/c1-11-10-12(6-7-15(11)19)24-16(21)8-9-20-17(22)13-4-2-3-5-14(13)18(20)23/h6-7,10,13-14H,2-5,8-9H2,1H3/t13-,14-/m1/s1. The molecule has 2 aliphatic rings. The van der Waals surface area contributed by atoms with Gasteiger partial charge in [0.05, 0.1) is 18.3 Å². The maximum atomic E-state index is 12.3. The largest absolute Gasteiger partial charge is 0.426 e. The van der Waals surface area contributed by atoms with Crippen LogP contribution in [0, 0.1) is 18.8 Å². The third-order valence-corrected chi connectivity index (χ3v) is 5.26. The minimum atomic E-state index is -0.466. The first-order valence-corrected chi connectivity index (χ1v) is 8.67. The van der Waals surface area contributed by atoms with E-state index in [4.69, 9.17) is 16.3 Å².